The molecule has 1 heterocycles. The highest BCUT2D eigenvalue weighted by atomic mass is 16.5. The fraction of sp³-hybridized carbons (Fsp3) is 0.625. The van der Waals surface area contributed by atoms with E-state index in [2.05, 4.69) is 31.9 Å². The predicted octanol–water partition coefficient (Wildman–Crippen LogP) is 2.48. The lowest BCUT2D eigenvalue weighted by atomic mass is 9.89. The molecule has 1 aliphatic heterocycles. The van der Waals surface area contributed by atoms with Gasteiger partial charge in [-0.1, -0.05) is 19.9 Å². The van der Waals surface area contributed by atoms with Gasteiger partial charge < -0.3 is 15.6 Å². The summed E-state index contributed by atoms with van der Waals surface area (Å²) in [5.74, 6) is 1.70. The number of benzene rings is 1. The van der Waals surface area contributed by atoms with Crippen molar-refractivity contribution in [2.24, 2.45) is 11.7 Å². The largest absolute Gasteiger partial charge is 0.504 e. The van der Waals surface area contributed by atoms with Crippen LogP contribution >= 0.6 is 0 Å². The molecule has 0 bridgehead atoms. The lowest BCUT2D eigenvalue weighted by Gasteiger charge is -2.26. The molecule has 3 N–H and O–H groups in total. The number of rotatable bonds is 4. The topological polar surface area (TPSA) is 58.7 Å². The Morgan fingerprint density at radius 3 is 2.65 bits per heavy atom. The minimum absolute atomic E-state index is 0.219. The standard InChI is InChI=1S/C16H26N2O2/c1-10(2)12-5-6-14(20-4)16(19)15(12)13-7-11(8-17)9-18(13)3/h5-6,10-11,13,19H,7-9,17H2,1-4H3. The second-order valence-electron chi connectivity index (χ2n) is 6.07. The average Bonchev–Trinajstić information content (AvgIpc) is 2.79. The first-order valence-electron chi connectivity index (χ1n) is 7.29. The Labute approximate surface area is 121 Å². The van der Waals surface area contributed by atoms with Crippen LogP contribution in [0.5, 0.6) is 11.5 Å². The van der Waals surface area contributed by atoms with Gasteiger partial charge in [-0.3, -0.25) is 4.90 Å². The zero-order chi connectivity index (χ0) is 14.9. The lowest BCUT2D eigenvalue weighted by molar-refractivity contribution is 0.298. The van der Waals surface area contributed by atoms with Crippen LogP contribution in [0.1, 0.15) is 43.4 Å². The number of aromatic hydroxyl groups is 1. The highest BCUT2D eigenvalue weighted by Crippen LogP contribution is 2.45. The van der Waals surface area contributed by atoms with E-state index in [1.54, 1.807) is 7.11 Å². The van der Waals surface area contributed by atoms with E-state index in [0.29, 0.717) is 24.1 Å². The van der Waals surface area contributed by atoms with E-state index >= 15 is 0 Å². The summed E-state index contributed by atoms with van der Waals surface area (Å²) in [6.45, 7) is 5.98. The molecule has 0 amide bonds. The van der Waals surface area contributed by atoms with Crippen LogP contribution in [-0.4, -0.2) is 37.3 Å². The molecule has 20 heavy (non-hydrogen) atoms. The van der Waals surface area contributed by atoms with Crippen molar-refractivity contribution in [1.82, 2.24) is 4.90 Å². The van der Waals surface area contributed by atoms with Gasteiger partial charge in [0.1, 0.15) is 0 Å². The maximum atomic E-state index is 10.6. The molecule has 0 aromatic heterocycles. The number of hydrogen-bond acceptors (Lipinski definition) is 4. The lowest BCUT2D eigenvalue weighted by Crippen LogP contribution is -2.21. The molecular formula is C16H26N2O2. The molecule has 4 heteroatoms. The van der Waals surface area contributed by atoms with Crippen molar-refractivity contribution in [2.75, 3.05) is 27.2 Å². The van der Waals surface area contributed by atoms with Crippen LogP contribution in [0.25, 0.3) is 0 Å². The molecule has 1 aromatic rings. The molecule has 0 radical (unpaired) electrons. The van der Waals surface area contributed by atoms with Crippen molar-refractivity contribution in [3.63, 3.8) is 0 Å². The Bertz CT molecular complexity index is 474. The third-order valence-electron chi connectivity index (χ3n) is 4.36. The van der Waals surface area contributed by atoms with Gasteiger partial charge in [0.05, 0.1) is 7.11 Å². The molecule has 2 atom stereocenters. The number of ether oxygens (including phenoxy) is 1. The van der Waals surface area contributed by atoms with Gasteiger partial charge in [-0.05, 0) is 43.5 Å². The maximum absolute atomic E-state index is 10.6. The first-order chi connectivity index (χ1) is 9.49. The summed E-state index contributed by atoms with van der Waals surface area (Å²) >= 11 is 0. The van der Waals surface area contributed by atoms with E-state index in [9.17, 15) is 5.11 Å². The van der Waals surface area contributed by atoms with Crippen LogP contribution in [-0.2, 0) is 0 Å². The molecule has 112 valence electrons. The zero-order valence-corrected chi connectivity index (χ0v) is 12.9. The smallest absolute Gasteiger partial charge is 0.162 e. The normalized spacial score (nSPS) is 23.5. The highest BCUT2D eigenvalue weighted by molar-refractivity contribution is 5.52. The van der Waals surface area contributed by atoms with E-state index in [0.717, 1.165) is 18.5 Å². The highest BCUT2D eigenvalue weighted by Gasteiger charge is 2.34. The molecule has 1 saturated heterocycles. The van der Waals surface area contributed by atoms with Crippen LogP contribution in [0.15, 0.2) is 12.1 Å². The third kappa shape index (κ3) is 2.63. The van der Waals surface area contributed by atoms with Gasteiger partial charge in [-0.2, -0.15) is 0 Å². The Morgan fingerprint density at radius 1 is 1.45 bits per heavy atom. The van der Waals surface area contributed by atoms with E-state index < -0.39 is 0 Å². The van der Waals surface area contributed by atoms with Gasteiger partial charge in [0, 0.05) is 18.2 Å². The molecule has 4 nitrogen and oxygen atoms in total. The summed E-state index contributed by atoms with van der Waals surface area (Å²) in [6, 6.07) is 4.14. The van der Waals surface area contributed by atoms with Crippen molar-refractivity contribution < 1.29 is 9.84 Å². The van der Waals surface area contributed by atoms with Gasteiger partial charge in [0.25, 0.3) is 0 Å². The van der Waals surface area contributed by atoms with Crippen LogP contribution in [0.3, 0.4) is 0 Å². The second-order valence-corrected chi connectivity index (χ2v) is 6.07. The van der Waals surface area contributed by atoms with E-state index in [-0.39, 0.29) is 11.8 Å². The Morgan fingerprint density at radius 2 is 2.15 bits per heavy atom. The Balaban J connectivity index is 2.48. The number of nitrogens with two attached hydrogens (primary N) is 1. The number of nitrogens with zero attached hydrogens (tertiary/aromatic N) is 1. The minimum Gasteiger partial charge on any atom is -0.504 e. The fourth-order valence-corrected chi connectivity index (χ4v) is 3.24. The van der Waals surface area contributed by atoms with Crippen molar-refractivity contribution in [3.8, 4) is 11.5 Å². The third-order valence-corrected chi connectivity index (χ3v) is 4.36. The Hall–Kier alpha value is -1.26. The van der Waals surface area contributed by atoms with Crippen molar-refractivity contribution in [1.29, 1.82) is 0 Å². The molecule has 1 fully saturated rings. The van der Waals surface area contributed by atoms with Crippen molar-refractivity contribution in [3.05, 3.63) is 23.3 Å². The molecule has 1 aliphatic rings. The first kappa shape index (κ1) is 15.1. The van der Waals surface area contributed by atoms with E-state index in [4.69, 9.17) is 10.5 Å². The molecule has 0 aliphatic carbocycles. The number of phenols is 1. The quantitative estimate of drug-likeness (QED) is 0.888. The summed E-state index contributed by atoms with van der Waals surface area (Å²) < 4.78 is 5.28. The molecule has 0 saturated carbocycles. The van der Waals surface area contributed by atoms with Gasteiger partial charge in [0.2, 0.25) is 0 Å². The fourth-order valence-electron chi connectivity index (χ4n) is 3.24. The van der Waals surface area contributed by atoms with Crippen LogP contribution in [0.4, 0.5) is 0 Å². The first-order valence-corrected chi connectivity index (χ1v) is 7.29. The van der Waals surface area contributed by atoms with Crippen LogP contribution in [0.2, 0.25) is 0 Å². The van der Waals surface area contributed by atoms with Gasteiger partial charge in [-0.25, -0.2) is 0 Å². The number of phenolic OH excluding ortho intramolecular Hbond substituents is 1. The molecule has 2 unspecified atom stereocenters. The minimum atomic E-state index is 0.219. The monoisotopic (exact) mass is 278 g/mol. The van der Waals surface area contributed by atoms with Gasteiger partial charge >= 0.3 is 0 Å². The van der Waals surface area contributed by atoms with E-state index in [1.165, 1.54) is 5.56 Å². The van der Waals surface area contributed by atoms with Crippen molar-refractivity contribution >= 4 is 0 Å². The molecule has 2 rings (SSSR count). The Kier molecular flexibility index (Phi) is 4.55. The summed E-state index contributed by atoms with van der Waals surface area (Å²) in [7, 11) is 3.69. The van der Waals surface area contributed by atoms with Gasteiger partial charge in [0.15, 0.2) is 11.5 Å². The van der Waals surface area contributed by atoms with Crippen molar-refractivity contribution in [2.45, 2.75) is 32.2 Å². The average molecular weight is 278 g/mol. The molecule has 1 aromatic carbocycles. The summed E-state index contributed by atoms with van der Waals surface area (Å²) in [4.78, 5) is 2.29. The van der Waals surface area contributed by atoms with Crippen LogP contribution in [0, 0.1) is 5.92 Å². The molecular weight excluding hydrogens is 252 g/mol. The zero-order valence-electron chi connectivity index (χ0n) is 12.9. The summed E-state index contributed by atoms with van der Waals surface area (Å²) in [6.07, 6.45) is 0.993. The number of hydrogen-bond donors (Lipinski definition) is 2. The predicted molar refractivity (Wildman–Crippen MR) is 81.3 cm³/mol. The number of methoxy groups -OCH3 is 1. The summed E-state index contributed by atoms with van der Waals surface area (Å²) in [5, 5.41) is 10.6. The maximum Gasteiger partial charge on any atom is 0.162 e. The van der Waals surface area contributed by atoms with E-state index in [1.807, 2.05) is 6.07 Å². The SMILES string of the molecule is COc1ccc(C(C)C)c(C2CC(CN)CN2C)c1O. The summed E-state index contributed by atoms with van der Waals surface area (Å²) in [5.41, 5.74) is 8.02. The second kappa shape index (κ2) is 6.02. The number of likely N-dealkylation sites (tertiary alicyclic amines) is 1. The van der Waals surface area contributed by atoms with Crippen LogP contribution < -0.4 is 10.5 Å². The molecule has 0 spiro atoms. The van der Waals surface area contributed by atoms with Gasteiger partial charge in [-0.15, -0.1) is 0 Å².